The summed E-state index contributed by atoms with van der Waals surface area (Å²) in [7, 11) is 0. The zero-order valence-electron chi connectivity index (χ0n) is 16.7. The van der Waals surface area contributed by atoms with Gasteiger partial charge in [0.15, 0.2) is 18.1 Å². The summed E-state index contributed by atoms with van der Waals surface area (Å²) >= 11 is 0. The van der Waals surface area contributed by atoms with Crippen LogP contribution in [-0.4, -0.2) is 27.9 Å². The second kappa shape index (κ2) is 7.99. The maximum absolute atomic E-state index is 12.3. The van der Waals surface area contributed by atoms with Gasteiger partial charge in [0.2, 0.25) is 0 Å². The Labute approximate surface area is 170 Å². The van der Waals surface area contributed by atoms with Crippen LogP contribution in [0, 0.1) is 0 Å². The first-order valence-electron chi connectivity index (χ1n) is 9.74. The second-order valence-corrected chi connectivity index (χ2v) is 7.87. The van der Waals surface area contributed by atoms with E-state index >= 15 is 0 Å². The monoisotopic (exact) mass is 391 g/mol. The van der Waals surface area contributed by atoms with Gasteiger partial charge in [-0.3, -0.25) is 9.48 Å². The number of amides is 1. The lowest BCUT2D eigenvalue weighted by Gasteiger charge is -2.18. The molecule has 150 valence electrons. The third-order valence-corrected chi connectivity index (χ3v) is 4.80. The van der Waals surface area contributed by atoms with E-state index in [1.165, 1.54) is 0 Å². The minimum atomic E-state index is -0.245. The molecule has 2 heterocycles. The van der Waals surface area contributed by atoms with Crippen LogP contribution in [-0.2, 0) is 24.3 Å². The zero-order valence-corrected chi connectivity index (χ0v) is 16.7. The van der Waals surface area contributed by atoms with Crippen molar-refractivity contribution in [1.82, 2.24) is 15.1 Å². The smallest absolute Gasteiger partial charge is 0.258 e. The van der Waals surface area contributed by atoms with Crippen LogP contribution in [0.2, 0.25) is 0 Å². The lowest BCUT2D eigenvalue weighted by atomic mass is 10.0. The predicted molar refractivity (Wildman–Crippen MR) is 110 cm³/mol. The van der Waals surface area contributed by atoms with Gasteiger partial charge in [0.25, 0.3) is 5.91 Å². The Kier molecular flexibility index (Phi) is 5.25. The van der Waals surface area contributed by atoms with E-state index in [1.54, 1.807) is 6.20 Å². The fourth-order valence-electron chi connectivity index (χ4n) is 3.51. The minimum absolute atomic E-state index is 0.0484. The summed E-state index contributed by atoms with van der Waals surface area (Å²) in [6, 6.07) is 15.8. The molecule has 0 aliphatic carbocycles. The Hall–Kier alpha value is -3.28. The Morgan fingerprint density at radius 2 is 2.03 bits per heavy atom. The van der Waals surface area contributed by atoms with E-state index in [1.807, 2.05) is 67.2 Å². The van der Waals surface area contributed by atoms with Gasteiger partial charge in [0.1, 0.15) is 5.60 Å². The van der Waals surface area contributed by atoms with Crippen molar-refractivity contribution in [1.29, 1.82) is 0 Å². The Morgan fingerprint density at radius 1 is 1.21 bits per heavy atom. The molecule has 6 heteroatoms. The highest BCUT2D eigenvalue weighted by atomic mass is 16.5. The van der Waals surface area contributed by atoms with Crippen LogP contribution in [0.15, 0.2) is 60.9 Å². The SMILES string of the molecule is CC1(C)Cc2cccc(OCC(=O)NCc3cccc(Cn4cccn4)c3)c2O1. The molecule has 6 nitrogen and oxygen atoms in total. The molecule has 0 saturated heterocycles. The Balaban J connectivity index is 1.30. The lowest BCUT2D eigenvalue weighted by Crippen LogP contribution is -2.28. The van der Waals surface area contributed by atoms with E-state index < -0.39 is 0 Å². The number of nitrogens with zero attached hydrogens (tertiary/aromatic N) is 2. The van der Waals surface area contributed by atoms with Gasteiger partial charge in [-0.25, -0.2) is 0 Å². The molecule has 1 N–H and O–H groups in total. The normalized spacial score (nSPS) is 14.1. The lowest BCUT2D eigenvalue weighted by molar-refractivity contribution is -0.123. The summed E-state index contributed by atoms with van der Waals surface area (Å²) in [5, 5.41) is 7.13. The number of para-hydroxylation sites is 1. The fraction of sp³-hybridized carbons (Fsp3) is 0.304. The molecule has 0 radical (unpaired) electrons. The van der Waals surface area contributed by atoms with Crippen LogP contribution in [0.3, 0.4) is 0 Å². The Bertz CT molecular complexity index is 996. The molecule has 1 aliphatic rings. The number of hydrogen-bond donors (Lipinski definition) is 1. The van der Waals surface area contributed by atoms with Crippen molar-refractivity contribution in [3.63, 3.8) is 0 Å². The van der Waals surface area contributed by atoms with Crippen molar-refractivity contribution in [2.45, 2.75) is 39.0 Å². The standard InChI is InChI=1S/C23H25N3O3/c1-23(2)13-19-8-4-9-20(22(19)29-23)28-16-21(27)24-14-17-6-3-7-18(12-17)15-26-11-5-10-25-26/h3-12H,13-16H2,1-2H3,(H,24,27). The van der Waals surface area contributed by atoms with E-state index in [-0.39, 0.29) is 18.1 Å². The van der Waals surface area contributed by atoms with E-state index in [0.29, 0.717) is 18.8 Å². The van der Waals surface area contributed by atoms with Crippen molar-refractivity contribution in [2.75, 3.05) is 6.61 Å². The summed E-state index contributed by atoms with van der Waals surface area (Å²) in [4.78, 5) is 12.3. The minimum Gasteiger partial charge on any atom is -0.483 e. The van der Waals surface area contributed by atoms with Gasteiger partial charge in [-0.05, 0) is 37.1 Å². The van der Waals surface area contributed by atoms with Gasteiger partial charge in [-0.1, -0.05) is 36.4 Å². The van der Waals surface area contributed by atoms with Crippen molar-refractivity contribution in [2.24, 2.45) is 0 Å². The molecule has 0 spiro atoms. The van der Waals surface area contributed by atoms with Crippen molar-refractivity contribution in [3.8, 4) is 11.5 Å². The quantitative estimate of drug-likeness (QED) is 0.671. The predicted octanol–water partition coefficient (Wildman–Crippen LogP) is 3.34. The molecule has 0 fully saturated rings. The van der Waals surface area contributed by atoms with Gasteiger partial charge in [0.05, 0.1) is 6.54 Å². The first kappa shape index (κ1) is 19.1. The van der Waals surface area contributed by atoms with Gasteiger partial charge in [-0.15, -0.1) is 0 Å². The van der Waals surface area contributed by atoms with Crippen LogP contribution in [0.5, 0.6) is 11.5 Å². The van der Waals surface area contributed by atoms with Crippen molar-refractivity contribution >= 4 is 5.91 Å². The summed E-state index contributed by atoms with van der Waals surface area (Å²) in [6.45, 7) is 5.19. The number of carbonyl (C=O) groups is 1. The van der Waals surface area contributed by atoms with Crippen LogP contribution in [0.4, 0.5) is 0 Å². The number of benzene rings is 2. The van der Waals surface area contributed by atoms with Gasteiger partial charge >= 0.3 is 0 Å². The molecule has 3 aromatic rings. The third kappa shape index (κ3) is 4.77. The highest BCUT2D eigenvalue weighted by molar-refractivity contribution is 5.77. The highest BCUT2D eigenvalue weighted by Gasteiger charge is 2.32. The molecule has 29 heavy (non-hydrogen) atoms. The van der Waals surface area contributed by atoms with E-state index in [4.69, 9.17) is 9.47 Å². The molecular formula is C23H25N3O3. The average molecular weight is 391 g/mol. The molecular weight excluding hydrogens is 366 g/mol. The number of carbonyl (C=O) groups excluding carboxylic acids is 1. The number of hydrogen-bond acceptors (Lipinski definition) is 4. The van der Waals surface area contributed by atoms with E-state index in [0.717, 1.165) is 28.9 Å². The third-order valence-electron chi connectivity index (χ3n) is 4.80. The number of fused-ring (bicyclic) bond motifs is 1. The van der Waals surface area contributed by atoms with Gasteiger partial charge < -0.3 is 14.8 Å². The maximum Gasteiger partial charge on any atom is 0.258 e. The molecule has 0 atom stereocenters. The molecule has 1 amide bonds. The van der Waals surface area contributed by atoms with Crippen molar-refractivity contribution in [3.05, 3.63) is 77.6 Å². The highest BCUT2D eigenvalue weighted by Crippen LogP contribution is 2.41. The number of aromatic nitrogens is 2. The summed E-state index contributed by atoms with van der Waals surface area (Å²) < 4.78 is 13.6. The molecule has 1 aromatic heterocycles. The van der Waals surface area contributed by atoms with Crippen LogP contribution >= 0.6 is 0 Å². The van der Waals surface area contributed by atoms with Crippen LogP contribution in [0.25, 0.3) is 0 Å². The molecule has 1 aliphatic heterocycles. The van der Waals surface area contributed by atoms with Crippen LogP contribution in [0.1, 0.15) is 30.5 Å². The second-order valence-electron chi connectivity index (χ2n) is 7.87. The Morgan fingerprint density at radius 3 is 2.86 bits per heavy atom. The first-order chi connectivity index (χ1) is 14.0. The van der Waals surface area contributed by atoms with Gasteiger partial charge in [0, 0.05) is 30.9 Å². The fourth-order valence-corrected chi connectivity index (χ4v) is 3.51. The number of nitrogens with one attached hydrogen (secondary N) is 1. The van der Waals surface area contributed by atoms with E-state index in [2.05, 4.69) is 16.5 Å². The molecule has 4 rings (SSSR count). The topological polar surface area (TPSA) is 65.4 Å². The summed E-state index contributed by atoms with van der Waals surface area (Å²) in [6.07, 6.45) is 4.52. The van der Waals surface area contributed by atoms with Crippen LogP contribution < -0.4 is 14.8 Å². The van der Waals surface area contributed by atoms with E-state index in [9.17, 15) is 4.79 Å². The molecule has 0 bridgehead atoms. The largest absolute Gasteiger partial charge is 0.483 e. The maximum atomic E-state index is 12.3. The van der Waals surface area contributed by atoms with Gasteiger partial charge in [-0.2, -0.15) is 5.10 Å². The summed E-state index contributed by atoms with van der Waals surface area (Å²) in [5.41, 5.74) is 3.04. The summed E-state index contributed by atoms with van der Waals surface area (Å²) in [5.74, 6) is 1.19. The average Bonchev–Trinajstić information content (AvgIpc) is 3.31. The molecule has 0 saturated carbocycles. The van der Waals surface area contributed by atoms with Crippen molar-refractivity contribution < 1.29 is 14.3 Å². The number of ether oxygens (including phenoxy) is 2. The zero-order chi connectivity index (χ0) is 20.3. The first-order valence-corrected chi connectivity index (χ1v) is 9.74. The number of rotatable bonds is 7. The molecule has 2 aromatic carbocycles. The molecule has 0 unspecified atom stereocenters.